The number of esters is 2. The van der Waals surface area contributed by atoms with Crippen LogP contribution in [-0.4, -0.2) is 151 Å². The van der Waals surface area contributed by atoms with Crippen LogP contribution < -0.4 is 0 Å². The fourth-order valence-electron chi connectivity index (χ4n) is 10.7. The third-order valence-corrected chi connectivity index (χ3v) is 16.0. The summed E-state index contributed by atoms with van der Waals surface area (Å²) in [6, 6.07) is -1.15. The average molecular weight is 962 g/mol. The van der Waals surface area contributed by atoms with Crippen LogP contribution in [0.1, 0.15) is 118 Å². The lowest BCUT2D eigenvalue weighted by molar-refractivity contribution is -0.302. The number of Topliss-reactive ketones (excluding diaryl/α,β-unsaturated/α-hetero) is 2. The van der Waals surface area contributed by atoms with Crippen molar-refractivity contribution in [2.24, 2.45) is 29.6 Å². The number of carbonyl (C=O) groups is 5. The maximum absolute atomic E-state index is 14.5. The minimum Gasteiger partial charge on any atom is -0.465 e. The van der Waals surface area contributed by atoms with Crippen molar-refractivity contribution < 1.29 is 67.3 Å². The van der Waals surface area contributed by atoms with Gasteiger partial charge in [-0.25, -0.2) is 4.79 Å². The first-order valence-electron chi connectivity index (χ1n) is 24.6. The van der Waals surface area contributed by atoms with Crippen molar-refractivity contribution >= 4 is 41.2 Å². The third kappa shape index (κ3) is 14.1. The average Bonchev–Trinajstić information content (AvgIpc) is 3.73. The highest BCUT2D eigenvalue weighted by atomic mass is 32.2. The molecule has 67 heavy (non-hydrogen) atoms. The summed E-state index contributed by atoms with van der Waals surface area (Å²) in [6.45, 7) is 14.2. The number of cyclic esters (lactones) is 2. The van der Waals surface area contributed by atoms with Gasteiger partial charge in [0.25, 0.3) is 11.7 Å². The maximum Gasteiger partial charge on any atom is 0.329 e. The SMILES string of the molecule is C=CC[C@@H]1/C=C(\C)C[C@H](C)C[C@H](OC)C2O[C@@](O)(C(=O)C(=O)N3CCCC[C@H]3C(=O)O[C@H](/C(C)=C/[C@@H]3CC[C@@H](OCCCSC4CCOC4=O)[C@H](OC)C3)[C@H](C)[C@@H](O)CC1=O)[C@H](C)C[C@@H]2OC. The second-order valence-corrected chi connectivity index (χ2v) is 21.1. The largest absolute Gasteiger partial charge is 0.465 e. The number of aliphatic hydroxyl groups is 2. The summed E-state index contributed by atoms with van der Waals surface area (Å²) in [5.74, 6) is -7.13. The fraction of sp³-hybridized carbons (Fsp3) is 0.784. The Morgan fingerprint density at radius 1 is 0.925 bits per heavy atom. The molecule has 3 saturated heterocycles. The molecular formula is C51H79NO14S. The molecule has 2 bridgehead atoms. The minimum absolute atomic E-state index is 0.00117. The molecular weight excluding hydrogens is 883 g/mol. The van der Waals surface area contributed by atoms with Gasteiger partial charge in [-0.2, -0.15) is 0 Å². The van der Waals surface area contributed by atoms with Crippen molar-refractivity contribution in [3.05, 3.63) is 36.0 Å². The molecule has 4 aliphatic heterocycles. The Labute approximate surface area is 402 Å². The Morgan fingerprint density at radius 3 is 2.31 bits per heavy atom. The molecule has 15 atom stereocenters. The number of methoxy groups -OCH3 is 3. The van der Waals surface area contributed by atoms with Crippen molar-refractivity contribution in [1.29, 1.82) is 0 Å². The van der Waals surface area contributed by atoms with Crippen LogP contribution in [0.5, 0.6) is 0 Å². The molecule has 0 aromatic heterocycles. The van der Waals surface area contributed by atoms with E-state index in [1.165, 1.54) is 19.1 Å². The Morgan fingerprint density at radius 2 is 1.64 bits per heavy atom. The van der Waals surface area contributed by atoms with Crippen LogP contribution in [0.4, 0.5) is 0 Å². The lowest BCUT2D eigenvalue weighted by Gasteiger charge is -2.47. The van der Waals surface area contributed by atoms with Crippen LogP contribution in [0, 0.1) is 29.6 Å². The molecule has 0 aromatic rings. The summed E-state index contributed by atoms with van der Waals surface area (Å²) in [5, 5.41) is 23.9. The predicted molar refractivity (Wildman–Crippen MR) is 253 cm³/mol. The van der Waals surface area contributed by atoms with Crippen molar-refractivity contribution in [3.8, 4) is 0 Å². The van der Waals surface area contributed by atoms with Crippen LogP contribution >= 0.6 is 11.8 Å². The molecule has 378 valence electrons. The molecule has 5 rings (SSSR count). The lowest BCUT2D eigenvalue weighted by Crippen LogP contribution is -2.64. The summed E-state index contributed by atoms with van der Waals surface area (Å²) in [5.41, 5.74) is 1.63. The molecule has 0 radical (unpaired) electrons. The molecule has 16 heteroatoms. The fourth-order valence-corrected chi connectivity index (χ4v) is 11.8. The summed E-state index contributed by atoms with van der Waals surface area (Å²) < 4.78 is 41.7. The van der Waals surface area contributed by atoms with Gasteiger partial charge in [-0.05, 0) is 108 Å². The van der Waals surface area contributed by atoms with E-state index >= 15 is 0 Å². The number of hydrogen-bond donors (Lipinski definition) is 2. The Hall–Kier alpha value is -2.96. The van der Waals surface area contributed by atoms with Gasteiger partial charge in [0.15, 0.2) is 0 Å². The first-order chi connectivity index (χ1) is 31.9. The van der Waals surface area contributed by atoms with Crippen molar-refractivity contribution in [3.63, 3.8) is 0 Å². The van der Waals surface area contributed by atoms with Gasteiger partial charge < -0.3 is 48.3 Å². The number of rotatable bonds is 13. The van der Waals surface area contributed by atoms with Crippen molar-refractivity contribution in [1.82, 2.24) is 4.90 Å². The van der Waals surface area contributed by atoms with Gasteiger partial charge in [-0.1, -0.05) is 44.6 Å². The second-order valence-electron chi connectivity index (χ2n) is 19.8. The van der Waals surface area contributed by atoms with E-state index in [2.05, 4.69) is 12.7 Å². The first kappa shape index (κ1) is 55.0. The third-order valence-electron chi connectivity index (χ3n) is 14.7. The number of fused-ring (bicyclic) bond motifs is 3. The normalized spacial score (nSPS) is 38.8. The molecule has 2 N–H and O–H groups in total. The number of thioether (sulfide) groups is 1. The van der Waals surface area contributed by atoms with Gasteiger partial charge in [0.05, 0.1) is 37.1 Å². The number of nitrogens with zero attached hydrogens (tertiary/aromatic N) is 1. The van der Waals surface area contributed by atoms with Gasteiger partial charge in [0.2, 0.25) is 5.79 Å². The molecule has 2 unspecified atom stereocenters. The van der Waals surface area contributed by atoms with Crippen LogP contribution in [0.25, 0.3) is 0 Å². The van der Waals surface area contributed by atoms with Gasteiger partial charge in [0.1, 0.15) is 29.3 Å². The van der Waals surface area contributed by atoms with E-state index in [1.54, 1.807) is 38.8 Å². The summed E-state index contributed by atoms with van der Waals surface area (Å²) in [7, 11) is 4.72. The zero-order chi connectivity index (χ0) is 49.0. The second kappa shape index (κ2) is 25.8. The van der Waals surface area contributed by atoms with Gasteiger partial charge in [-0.3, -0.25) is 19.2 Å². The van der Waals surface area contributed by atoms with Crippen LogP contribution in [0.15, 0.2) is 36.0 Å². The molecule has 4 heterocycles. The molecule has 0 spiro atoms. The number of carbonyl (C=O) groups excluding carboxylic acids is 5. The summed E-state index contributed by atoms with van der Waals surface area (Å²) in [6.07, 6.45) is 7.47. The Kier molecular flexibility index (Phi) is 21.1. The van der Waals surface area contributed by atoms with Crippen molar-refractivity contribution in [2.75, 3.05) is 46.8 Å². The first-order valence-corrected chi connectivity index (χ1v) is 25.6. The number of ether oxygens (including phenoxy) is 7. The highest BCUT2D eigenvalue weighted by Crippen LogP contribution is 2.39. The van der Waals surface area contributed by atoms with E-state index in [0.717, 1.165) is 37.0 Å². The van der Waals surface area contributed by atoms with E-state index in [4.69, 9.17) is 33.2 Å². The number of hydrogen-bond acceptors (Lipinski definition) is 15. The summed E-state index contributed by atoms with van der Waals surface area (Å²) in [4.78, 5) is 70.4. The van der Waals surface area contributed by atoms with E-state index in [-0.39, 0.29) is 66.9 Å². The van der Waals surface area contributed by atoms with Gasteiger partial charge in [-0.15, -0.1) is 18.3 Å². The van der Waals surface area contributed by atoms with Crippen LogP contribution in [0.2, 0.25) is 0 Å². The Balaban J connectivity index is 1.42. The Bertz CT molecular complexity index is 1770. The number of ketones is 2. The lowest BCUT2D eigenvalue weighted by atomic mass is 9.81. The maximum atomic E-state index is 14.5. The standard InChI is InChI=1S/C51H79NO14S/c1-10-14-36-24-30(2)23-31(3)25-42(61-8)46-43(62-9)27-33(5)51(59,66-46)47(55)48(56)52-19-12-11-15-37(52)49(57)65-45(34(6)38(53)29-39(36)54)32(4)26-35-16-17-40(41(28-35)60-7)63-20-13-22-67-44-18-21-64-50(44)58/h10,24,26,31,33-38,40-46,53,59H,1,11-23,25,27-29H2,2-9H3/b30-24+,32-26+/t31-,33+,34+,35-,36+,37-,38-,40+,41+,42-,43-,44?,45+,46?,51+/m0/s1. The number of aliphatic hydroxyl groups excluding tert-OH is 1. The van der Waals surface area contributed by atoms with E-state index in [0.29, 0.717) is 57.3 Å². The smallest absolute Gasteiger partial charge is 0.329 e. The molecule has 15 nitrogen and oxygen atoms in total. The topological polar surface area (TPSA) is 194 Å². The molecule has 0 aromatic carbocycles. The zero-order valence-electron chi connectivity index (χ0n) is 41.2. The number of piperidine rings is 1. The minimum atomic E-state index is -2.52. The molecule has 1 amide bonds. The van der Waals surface area contributed by atoms with Gasteiger partial charge in [0, 0.05) is 65.1 Å². The molecule has 1 saturated carbocycles. The van der Waals surface area contributed by atoms with E-state index < -0.39 is 77.8 Å². The monoisotopic (exact) mass is 962 g/mol. The zero-order valence-corrected chi connectivity index (χ0v) is 42.0. The van der Waals surface area contributed by atoms with Crippen LogP contribution in [-0.2, 0) is 57.1 Å². The van der Waals surface area contributed by atoms with E-state index in [9.17, 15) is 34.2 Å². The number of allylic oxidation sites excluding steroid dienone is 4. The summed E-state index contributed by atoms with van der Waals surface area (Å²) >= 11 is 1.61. The number of amides is 1. The highest BCUT2D eigenvalue weighted by Gasteiger charge is 2.56. The highest BCUT2D eigenvalue weighted by molar-refractivity contribution is 8.00. The predicted octanol–water partition coefficient (Wildman–Crippen LogP) is 6.10. The van der Waals surface area contributed by atoms with Gasteiger partial charge >= 0.3 is 11.9 Å². The van der Waals surface area contributed by atoms with Crippen LogP contribution in [0.3, 0.4) is 0 Å². The van der Waals surface area contributed by atoms with E-state index in [1.807, 2.05) is 26.8 Å². The van der Waals surface area contributed by atoms with Crippen molar-refractivity contribution in [2.45, 2.75) is 178 Å². The molecule has 4 fully saturated rings. The molecule has 5 aliphatic rings. The molecule has 1 aliphatic carbocycles. The quantitative estimate of drug-likeness (QED) is 0.0930.